The Kier molecular flexibility index (Phi) is 7.84. The van der Waals surface area contributed by atoms with Crippen molar-refractivity contribution in [2.24, 2.45) is 0 Å². The summed E-state index contributed by atoms with van der Waals surface area (Å²) in [7, 11) is 0. The first-order valence-electron chi connectivity index (χ1n) is 9.63. The van der Waals surface area contributed by atoms with E-state index < -0.39 is 11.8 Å². The standard InChI is InChI=1S/C24H18Cl3F2NO3/c1-2-24(28,29)15-4-8-22(33-10-9-14-3-6-18(26)19(27)11-14)20(12-15)30-23(32)17-13-16(25)5-7-21(17)31/h2-8,11-13,31H,1,9-10H2,(H,30,32). The first kappa shape index (κ1) is 24.8. The Morgan fingerprint density at radius 2 is 1.82 bits per heavy atom. The number of nitrogens with one attached hydrogen (secondary N) is 1. The molecule has 0 atom stereocenters. The molecule has 33 heavy (non-hydrogen) atoms. The molecule has 0 heterocycles. The van der Waals surface area contributed by atoms with Crippen molar-refractivity contribution in [1.29, 1.82) is 0 Å². The second kappa shape index (κ2) is 10.4. The molecule has 1 amide bonds. The van der Waals surface area contributed by atoms with Crippen LogP contribution in [0.1, 0.15) is 21.5 Å². The number of benzene rings is 3. The van der Waals surface area contributed by atoms with Crippen molar-refractivity contribution in [3.63, 3.8) is 0 Å². The van der Waals surface area contributed by atoms with Crippen LogP contribution >= 0.6 is 34.8 Å². The predicted molar refractivity (Wildman–Crippen MR) is 127 cm³/mol. The largest absolute Gasteiger partial charge is 0.507 e. The number of aromatic hydroxyl groups is 1. The van der Waals surface area contributed by atoms with E-state index in [1.165, 1.54) is 30.3 Å². The van der Waals surface area contributed by atoms with E-state index in [4.69, 9.17) is 39.5 Å². The Bertz CT molecular complexity index is 1200. The number of phenols is 1. The molecule has 0 aliphatic rings. The van der Waals surface area contributed by atoms with Crippen molar-refractivity contribution >= 4 is 46.4 Å². The van der Waals surface area contributed by atoms with Gasteiger partial charge in [-0.25, -0.2) is 0 Å². The van der Waals surface area contributed by atoms with E-state index in [1.54, 1.807) is 18.2 Å². The quantitative estimate of drug-likeness (QED) is 0.307. The van der Waals surface area contributed by atoms with Crippen LogP contribution in [0.25, 0.3) is 0 Å². The molecular formula is C24H18Cl3F2NO3. The van der Waals surface area contributed by atoms with Crippen molar-refractivity contribution in [2.45, 2.75) is 12.3 Å². The first-order chi connectivity index (χ1) is 15.6. The third-order valence-electron chi connectivity index (χ3n) is 4.70. The van der Waals surface area contributed by atoms with Gasteiger partial charge < -0.3 is 15.2 Å². The molecule has 172 valence electrons. The average Bonchev–Trinajstić information content (AvgIpc) is 2.78. The van der Waals surface area contributed by atoms with Crippen LogP contribution in [0.2, 0.25) is 15.1 Å². The molecule has 0 unspecified atom stereocenters. The summed E-state index contributed by atoms with van der Waals surface area (Å²) in [6.45, 7) is 3.32. The van der Waals surface area contributed by atoms with Crippen molar-refractivity contribution in [3.05, 3.63) is 99.0 Å². The highest BCUT2D eigenvalue weighted by Crippen LogP contribution is 2.36. The monoisotopic (exact) mass is 511 g/mol. The molecule has 0 aliphatic heterocycles. The third kappa shape index (κ3) is 6.16. The minimum Gasteiger partial charge on any atom is -0.507 e. The second-order valence-corrected chi connectivity index (χ2v) is 8.25. The van der Waals surface area contributed by atoms with Crippen molar-refractivity contribution < 1.29 is 23.4 Å². The minimum atomic E-state index is -3.32. The van der Waals surface area contributed by atoms with E-state index in [0.29, 0.717) is 22.5 Å². The number of halogens is 5. The number of carbonyl (C=O) groups is 1. The van der Waals surface area contributed by atoms with Gasteiger partial charge >= 0.3 is 0 Å². The molecule has 0 spiro atoms. The second-order valence-electron chi connectivity index (χ2n) is 7.00. The lowest BCUT2D eigenvalue weighted by Gasteiger charge is -2.17. The summed E-state index contributed by atoms with van der Waals surface area (Å²) in [5.74, 6) is -4.22. The Labute approximate surface area is 204 Å². The van der Waals surface area contributed by atoms with Crippen LogP contribution in [0.5, 0.6) is 11.5 Å². The Balaban J connectivity index is 1.85. The molecule has 0 aromatic heterocycles. The van der Waals surface area contributed by atoms with Gasteiger partial charge in [-0.15, -0.1) is 0 Å². The van der Waals surface area contributed by atoms with E-state index >= 15 is 0 Å². The maximum absolute atomic E-state index is 14.2. The molecule has 0 bridgehead atoms. The molecule has 0 saturated heterocycles. The summed E-state index contributed by atoms with van der Waals surface area (Å²) in [5, 5.41) is 13.5. The number of carbonyl (C=O) groups excluding carboxylic acids is 1. The van der Waals surface area contributed by atoms with Gasteiger partial charge in [-0.3, -0.25) is 4.79 Å². The first-order valence-corrected chi connectivity index (χ1v) is 10.8. The van der Waals surface area contributed by atoms with Gasteiger partial charge in [-0.05, 0) is 60.2 Å². The molecule has 0 fully saturated rings. The summed E-state index contributed by atoms with van der Waals surface area (Å²) >= 11 is 17.8. The van der Waals surface area contributed by atoms with Gasteiger partial charge in [0.05, 0.1) is 27.9 Å². The average molecular weight is 513 g/mol. The van der Waals surface area contributed by atoms with E-state index in [2.05, 4.69) is 11.9 Å². The fourth-order valence-corrected chi connectivity index (χ4v) is 3.43. The van der Waals surface area contributed by atoms with Crippen LogP contribution < -0.4 is 10.1 Å². The van der Waals surface area contributed by atoms with E-state index in [1.807, 2.05) is 0 Å². The Hall–Kier alpha value is -2.80. The van der Waals surface area contributed by atoms with Gasteiger partial charge in [-0.2, -0.15) is 8.78 Å². The lowest BCUT2D eigenvalue weighted by molar-refractivity contribution is 0.0525. The topological polar surface area (TPSA) is 58.6 Å². The Morgan fingerprint density at radius 1 is 1.06 bits per heavy atom. The van der Waals surface area contributed by atoms with Gasteiger partial charge in [0.25, 0.3) is 11.8 Å². The van der Waals surface area contributed by atoms with Crippen molar-refractivity contribution in [1.82, 2.24) is 0 Å². The predicted octanol–water partition coefficient (Wildman–Crippen LogP) is 7.50. The number of rotatable bonds is 8. The minimum absolute atomic E-state index is 0.00691. The van der Waals surface area contributed by atoms with E-state index in [9.17, 15) is 18.7 Å². The third-order valence-corrected chi connectivity index (χ3v) is 5.68. The molecular weight excluding hydrogens is 495 g/mol. The van der Waals surface area contributed by atoms with Crippen LogP contribution in [-0.4, -0.2) is 17.6 Å². The molecule has 2 N–H and O–H groups in total. The molecule has 0 radical (unpaired) electrons. The molecule has 3 rings (SSSR count). The van der Waals surface area contributed by atoms with Crippen LogP contribution in [-0.2, 0) is 12.3 Å². The van der Waals surface area contributed by atoms with Gasteiger partial charge in [-0.1, -0.05) is 47.4 Å². The molecule has 3 aromatic rings. The number of allylic oxidation sites excluding steroid dienone is 1. The SMILES string of the molecule is C=CC(F)(F)c1ccc(OCCc2ccc(Cl)c(Cl)c2)c(NC(=O)c2cc(Cl)ccc2O)c1. The fraction of sp³-hybridized carbons (Fsp3) is 0.125. The number of alkyl halides is 2. The van der Waals surface area contributed by atoms with Crippen LogP contribution in [0.4, 0.5) is 14.5 Å². The number of hydrogen-bond acceptors (Lipinski definition) is 3. The maximum atomic E-state index is 14.2. The van der Waals surface area contributed by atoms with Gasteiger partial charge in [0.15, 0.2) is 0 Å². The fourth-order valence-electron chi connectivity index (χ4n) is 2.93. The summed E-state index contributed by atoms with van der Waals surface area (Å²) < 4.78 is 34.1. The lowest BCUT2D eigenvalue weighted by atomic mass is 10.1. The molecule has 3 aromatic carbocycles. The summed E-state index contributed by atoms with van der Waals surface area (Å²) in [5.41, 5.74) is 0.339. The Morgan fingerprint density at radius 3 is 2.52 bits per heavy atom. The lowest BCUT2D eigenvalue weighted by Crippen LogP contribution is -2.16. The zero-order valence-corrected chi connectivity index (χ0v) is 19.3. The zero-order valence-electron chi connectivity index (χ0n) is 17.0. The summed E-state index contributed by atoms with van der Waals surface area (Å²) in [4.78, 5) is 12.7. The summed E-state index contributed by atoms with van der Waals surface area (Å²) in [6, 6.07) is 12.7. The van der Waals surface area contributed by atoms with E-state index in [0.717, 1.165) is 11.6 Å². The molecule has 9 heteroatoms. The smallest absolute Gasteiger partial charge is 0.291 e. The van der Waals surface area contributed by atoms with Crippen molar-refractivity contribution in [2.75, 3.05) is 11.9 Å². The maximum Gasteiger partial charge on any atom is 0.291 e. The van der Waals surface area contributed by atoms with Gasteiger partial charge in [0, 0.05) is 17.0 Å². The molecule has 4 nitrogen and oxygen atoms in total. The summed E-state index contributed by atoms with van der Waals surface area (Å²) in [6.07, 6.45) is 0.950. The zero-order chi connectivity index (χ0) is 24.2. The van der Waals surface area contributed by atoms with E-state index in [-0.39, 0.29) is 39.9 Å². The highest BCUT2D eigenvalue weighted by atomic mass is 35.5. The van der Waals surface area contributed by atoms with Crippen LogP contribution in [0.3, 0.4) is 0 Å². The van der Waals surface area contributed by atoms with Crippen molar-refractivity contribution in [3.8, 4) is 11.5 Å². The number of phenolic OH excluding ortho intramolecular Hbond substituents is 1. The van der Waals surface area contributed by atoms with Crippen LogP contribution in [0.15, 0.2) is 67.3 Å². The number of anilines is 1. The highest BCUT2D eigenvalue weighted by molar-refractivity contribution is 6.42. The number of amides is 1. The normalized spacial score (nSPS) is 11.2. The number of ether oxygens (including phenoxy) is 1. The van der Waals surface area contributed by atoms with Crippen LogP contribution in [0, 0.1) is 0 Å². The van der Waals surface area contributed by atoms with Gasteiger partial charge in [0.2, 0.25) is 0 Å². The molecule has 0 aliphatic carbocycles. The number of hydrogen-bond donors (Lipinski definition) is 2. The molecule has 0 saturated carbocycles. The van der Waals surface area contributed by atoms with Gasteiger partial charge in [0.1, 0.15) is 11.5 Å². The highest BCUT2D eigenvalue weighted by Gasteiger charge is 2.28.